The topological polar surface area (TPSA) is 70.6 Å². The number of fused-ring (bicyclic) bond motifs is 1. The fourth-order valence-corrected chi connectivity index (χ4v) is 4.06. The Morgan fingerprint density at radius 1 is 1.20 bits per heavy atom. The third kappa shape index (κ3) is 5.08. The monoisotopic (exact) mass is 409 g/mol. The van der Waals surface area contributed by atoms with E-state index in [0.717, 1.165) is 44.0 Å². The van der Waals surface area contributed by atoms with E-state index in [2.05, 4.69) is 44.5 Å². The van der Waals surface area contributed by atoms with Crippen LogP contribution in [0.2, 0.25) is 0 Å². The average molecular weight is 410 g/mol. The standard InChI is InChI=1S/C23H31N5O2/c1-23(2,3)30-22(29)28-12-9-18(14-28)26-21-19-15-27(11-10-20(19)24-16-25-21)13-17-7-5-4-6-8-17/h4-8,16,18H,9-15H2,1-3H3,(H,24,25,26)/t18-/m0/s1. The number of hydrogen-bond acceptors (Lipinski definition) is 6. The number of likely N-dealkylation sites (tertiary alicyclic amines) is 1. The first-order chi connectivity index (χ1) is 14.4. The molecular formula is C23H31N5O2. The van der Waals surface area contributed by atoms with Gasteiger partial charge in [0.1, 0.15) is 17.7 Å². The number of carbonyl (C=O) groups excluding carboxylic acids is 1. The minimum absolute atomic E-state index is 0.168. The van der Waals surface area contributed by atoms with Gasteiger partial charge in [0.2, 0.25) is 0 Å². The van der Waals surface area contributed by atoms with Crippen LogP contribution < -0.4 is 5.32 Å². The highest BCUT2D eigenvalue weighted by atomic mass is 16.6. The fourth-order valence-electron chi connectivity index (χ4n) is 4.06. The molecule has 4 rings (SSSR count). The lowest BCUT2D eigenvalue weighted by atomic mass is 10.0. The van der Waals surface area contributed by atoms with Crippen LogP contribution in [0.5, 0.6) is 0 Å². The summed E-state index contributed by atoms with van der Waals surface area (Å²) in [6.07, 6.45) is 3.21. The molecule has 7 nitrogen and oxygen atoms in total. The zero-order chi connectivity index (χ0) is 21.1. The van der Waals surface area contributed by atoms with Gasteiger partial charge in [-0.2, -0.15) is 0 Å². The number of ether oxygens (including phenoxy) is 1. The number of rotatable bonds is 4. The number of hydrogen-bond donors (Lipinski definition) is 1. The van der Waals surface area contributed by atoms with Gasteiger partial charge in [0, 0.05) is 50.7 Å². The van der Waals surface area contributed by atoms with Gasteiger partial charge in [-0.05, 0) is 32.8 Å². The lowest BCUT2D eigenvalue weighted by Gasteiger charge is -2.30. The summed E-state index contributed by atoms with van der Waals surface area (Å²) in [7, 11) is 0. The number of amides is 1. The van der Waals surface area contributed by atoms with E-state index < -0.39 is 5.60 Å². The Labute approximate surface area is 178 Å². The molecule has 0 bridgehead atoms. The summed E-state index contributed by atoms with van der Waals surface area (Å²) < 4.78 is 5.51. The Hall–Kier alpha value is -2.67. The van der Waals surface area contributed by atoms with Gasteiger partial charge in [-0.1, -0.05) is 30.3 Å². The largest absolute Gasteiger partial charge is 0.444 e. The van der Waals surface area contributed by atoms with Crippen LogP contribution in [0.4, 0.5) is 10.6 Å². The molecule has 7 heteroatoms. The van der Waals surface area contributed by atoms with Crippen molar-refractivity contribution in [1.82, 2.24) is 19.8 Å². The van der Waals surface area contributed by atoms with Gasteiger partial charge < -0.3 is 15.0 Å². The van der Waals surface area contributed by atoms with Gasteiger partial charge in [-0.3, -0.25) is 4.90 Å². The molecule has 1 atom stereocenters. The number of carbonyl (C=O) groups is 1. The molecule has 0 unspecified atom stereocenters. The lowest BCUT2D eigenvalue weighted by molar-refractivity contribution is 0.0293. The highest BCUT2D eigenvalue weighted by molar-refractivity contribution is 5.68. The predicted molar refractivity (Wildman–Crippen MR) is 116 cm³/mol. The summed E-state index contributed by atoms with van der Waals surface area (Å²) in [5.74, 6) is 0.897. The molecule has 0 saturated carbocycles. The molecule has 1 aromatic heterocycles. The molecule has 0 radical (unpaired) electrons. The van der Waals surface area contributed by atoms with E-state index in [9.17, 15) is 4.79 Å². The molecule has 1 N–H and O–H groups in total. The van der Waals surface area contributed by atoms with Crippen LogP contribution in [0.1, 0.15) is 44.0 Å². The molecule has 0 aliphatic carbocycles. The van der Waals surface area contributed by atoms with Crippen molar-refractivity contribution in [3.05, 3.63) is 53.5 Å². The van der Waals surface area contributed by atoms with Crippen molar-refractivity contribution in [2.24, 2.45) is 0 Å². The van der Waals surface area contributed by atoms with Crippen LogP contribution in [0.3, 0.4) is 0 Å². The Balaban J connectivity index is 1.40. The van der Waals surface area contributed by atoms with E-state index in [1.54, 1.807) is 11.2 Å². The van der Waals surface area contributed by atoms with E-state index in [-0.39, 0.29) is 12.1 Å². The van der Waals surface area contributed by atoms with Crippen LogP contribution in [0.15, 0.2) is 36.7 Å². The van der Waals surface area contributed by atoms with Crippen molar-refractivity contribution < 1.29 is 9.53 Å². The van der Waals surface area contributed by atoms with Gasteiger partial charge >= 0.3 is 6.09 Å². The highest BCUT2D eigenvalue weighted by Crippen LogP contribution is 2.26. The molecular weight excluding hydrogens is 378 g/mol. The first-order valence-corrected chi connectivity index (χ1v) is 10.7. The van der Waals surface area contributed by atoms with Gasteiger partial charge in [0.25, 0.3) is 0 Å². The van der Waals surface area contributed by atoms with Crippen LogP contribution in [-0.2, 0) is 24.2 Å². The van der Waals surface area contributed by atoms with E-state index in [1.807, 2.05) is 26.8 Å². The minimum atomic E-state index is -0.476. The van der Waals surface area contributed by atoms with Crippen LogP contribution in [0, 0.1) is 0 Å². The highest BCUT2D eigenvalue weighted by Gasteiger charge is 2.31. The SMILES string of the molecule is CC(C)(C)OC(=O)N1CC[C@H](Nc2ncnc3c2CN(Cc2ccccc2)CC3)C1. The van der Waals surface area contributed by atoms with Gasteiger partial charge in [0.05, 0.1) is 5.69 Å². The first kappa shape index (κ1) is 20.6. The summed E-state index contributed by atoms with van der Waals surface area (Å²) in [4.78, 5) is 25.6. The molecule has 30 heavy (non-hydrogen) atoms. The molecule has 3 heterocycles. The fraction of sp³-hybridized carbons (Fsp3) is 0.522. The third-order valence-electron chi connectivity index (χ3n) is 5.51. The summed E-state index contributed by atoms with van der Waals surface area (Å²) in [6.45, 7) is 9.75. The van der Waals surface area contributed by atoms with Crippen molar-refractivity contribution in [2.75, 3.05) is 25.0 Å². The first-order valence-electron chi connectivity index (χ1n) is 10.7. The zero-order valence-corrected chi connectivity index (χ0v) is 18.1. The Morgan fingerprint density at radius 3 is 2.77 bits per heavy atom. The summed E-state index contributed by atoms with van der Waals surface area (Å²) in [5.41, 5.74) is 3.14. The van der Waals surface area contributed by atoms with E-state index in [4.69, 9.17) is 4.74 Å². The average Bonchev–Trinajstić information content (AvgIpc) is 3.17. The van der Waals surface area contributed by atoms with E-state index in [0.29, 0.717) is 13.1 Å². The second-order valence-corrected chi connectivity index (χ2v) is 9.15. The van der Waals surface area contributed by atoms with E-state index in [1.165, 1.54) is 11.1 Å². The molecule has 2 aromatic rings. The molecule has 2 aliphatic heterocycles. The van der Waals surface area contributed by atoms with Crippen molar-refractivity contribution in [2.45, 2.75) is 58.3 Å². The van der Waals surface area contributed by atoms with Gasteiger partial charge in [0.15, 0.2) is 0 Å². The molecule has 1 aromatic carbocycles. The van der Waals surface area contributed by atoms with Crippen molar-refractivity contribution >= 4 is 11.9 Å². The normalized spacial score (nSPS) is 19.4. The maximum atomic E-state index is 12.4. The molecule has 1 amide bonds. The molecule has 0 spiro atoms. The zero-order valence-electron chi connectivity index (χ0n) is 18.1. The number of benzene rings is 1. The van der Waals surface area contributed by atoms with Crippen molar-refractivity contribution in [3.63, 3.8) is 0 Å². The maximum Gasteiger partial charge on any atom is 0.410 e. The Morgan fingerprint density at radius 2 is 2.00 bits per heavy atom. The van der Waals surface area contributed by atoms with Gasteiger partial charge in [-0.25, -0.2) is 14.8 Å². The smallest absolute Gasteiger partial charge is 0.410 e. The Kier molecular flexibility index (Phi) is 5.90. The molecule has 160 valence electrons. The lowest BCUT2D eigenvalue weighted by Crippen LogP contribution is -2.37. The van der Waals surface area contributed by atoms with Crippen molar-refractivity contribution in [3.8, 4) is 0 Å². The minimum Gasteiger partial charge on any atom is -0.444 e. The van der Waals surface area contributed by atoms with Gasteiger partial charge in [-0.15, -0.1) is 0 Å². The van der Waals surface area contributed by atoms with Crippen LogP contribution in [0.25, 0.3) is 0 Å². The van der Waals surface area contributed by atoms with Crippen LogP contribution >= 0.6 is 0 Å². The maximum absolute atomic E-state index is 12.4. The molecule has 2 aliphatic rings. The predicted octanol–water partition coefficient (Wildman–Crippen LogP) is 3.46. The molecule has 1 fully saturated rings. The second kappa shape index (κ2) is 8.60. The number of anilines is 1. The summed E-state index contributed by atoms with van der Waals surface area (Å²) >= 11 is 0. The number of nitrogens with zero attached hydrogens (tertiary/aromatic N) is 4. The summed E-state index contributed by atoms with van der Waals surface area (Å²) in [5, 5.41) is 3.57. The Bertz CT molecular complexity index is 881. The molecule has 1 saturated heterocycles. The third-order valence-corrected chi connectivity index (χ3v) is 5.51. The quantitative estimate of drug-likeness (QED) is 0.834. The van der Waals surface area contributed by atoms with Crippen LogP contribution in [-0.4, -0.2) is 57.1 Å². The summed E-state index contributed by atoms with van der Waals surface area (Å²) in [6, 6.07) is 10.7. The van der Waals surface area contributed by atoms with Crippen molar-refractivity contribution in [1.29, 1.82) is 0 Å². The number of nitrogens with one attached hydrogen (secondary N) is 1. The number of aromatic nitrogens is 2. The second-order valence-electron chi connectivity index (χ2n) is 9.15. The van der Waals surface area contributed by atoms with E-state index >= 15 is 0 Å².